The van der Waals surface area contributed by atoms with E-state index >= 15 is 0 Å². The average molecular weight is 403 g/mol. The molecule has 0 saturated carbocycles. The van der Waals surface area contributed by atoms with E-state index in [1.807, 2.05) is 39.0 Å². The van der Waals surface area contributed by atoms with Crippen molar-refractivity contribution in [3.05, 3.63) is 53.1 Å². The Bertz CT molecular complexity index is 936. The number of hydrogen-bond acceptors (Lipinski definition) is 4. The molecule has 0 atom stereocenters. The van der Waals surface area contributed by atoms with Gasteiger partial charge in [-0.3, -0.25) is 4.79 Å². The highest BCUT2D eigenvalue weighted by molar-refractivity contribution is 7.99. The number of rotatable bonds is 4. The maximum atomic E-state index is 11.9. The molecule has 1 aliphatic carbocycles. The van der Waals surface area contributed by atoms with Crippen molar-refractivity contribution in [2.24, 2.45) is 0 Å². The van der Waals surface area contributed by atoms with Crippen LogP contribution in [0.4, 0.5) is 0 Å². The number of ether oxygens (including phenoxy) is 1. The van der Waals surface area contributed by atoms with Crippen LogP contribution in [-0.2, 0) is 9.53 Å². The summed E-state index contributed by atoms with van der Waals surface area (Å²) in [4.78, 5) is 19.7. The van der Waals surface area contributed by atoms with E-state index in [-0.39, 0.29) is 11.7 Å². The molecule has 4 nitrogen and oxygen atoms in total. The van der Waals surface area contributed by atoms with Crippen LogP contribution in [0.5, 0.6) is 0 Å². The van der Waals surface area contributed by atoms with Gasteiger partial charge in [-0.05, 0) is 51.3 Å². The maximum absolute atomic E-state index is 11.9. The van der Waals surface area contributed by atoms with Crippen molar-refractivity contribution in [3.8, 4) is 0 Å². The number of fused-ring (bicyclic) bond motifs is 1. The Labute approximate surface area is 168 Å². The molecule has 0 spiro atoms. The van der Waals surface area contributed by atoms with Crippen molar-refractivity contribution in [1.29, 1.82) is 0 Å². The summed E-state index contributed by atoms with van der Waals surface area (Å²) in [5.41, 5.74) is 3.25. The number of carbonyl (C=O) groups is 1. The molecule has 1 aromatic carbocycles. The molecule has 27 heavy (non-hydrogen) atoms. The fourth-order valence-electron chi connectivity index (χ4n) is 2.73. The number of nitrogens with one attached hydrogen (secondary N) is 1. The fraction of sp³-hybridized carbons (Fsp3) is 0.333. The molecule has 2 aromatic rings. The van der Waals surface area contributed by atoms with Gasteiger partial charge < -0.3 is 9.72 Å². The van der Waals surface area contributed by atoms with Gasteiger partial charge in [0.25, 0.3) is 0 Å². The predicted octanol–water partition coefficient (Wildman–Crippen LogP) is 5.94. The topological polar surface area (TPSA) is 55.0 Å². The molecule has 0 bridgehead atoms. The second-order valence-electron chi connectivity index (χ2n) is 7.29. The van der Waals surface area contributed by atoms with Crippen LogP contribution in [0.25, 0.3) is 16.6 Å². The molecule has 0 saturated heterocycles. The first-order valence-corrected chi connectivity index (χ1v) is 10.3. The summed E-state index contributed by atoms with van der Waals surface area (Å²) in [6.45, 7) is 5.57. The largest absolute Gasteiger partial charge is 0.459 e. The molecule has 142 valence electrons. The maximum Gasteiger partial charge on any atom is 0.316 e. The zero-order chi connectivity index (χ0) is 19.4. The molecule has 3 rings (SSSR count). The zero-order valence-electron chi connectivity index (χ0n) is 15.7. The number of H-pyrrole nitrogens is 1. The summed E-state index contributed by atoms with van der Waals surface area (Å²) in [5.74, 6) is -0.0534. The molecule has 0 aliphatic heterocycles. The Morgan fingerprint density at radius 3 is 2.89 bits per heavy atom. The van der Waals surface area contributed by atoms with E-state index in [2.05, 4.69) is 34.3 Å². The Kier molecular flexibility index (Phi) is 6.12. The fourth-order valence-corrected chi connectivity index (χ4v) is 3.66. The average Bonchev–Trinajstić information content (AvgIpc) is 2.92. The van der Waals surface area contributed by atoms with E-state index in [0.717, 1.165) is 35.0 Å². The minimum absolute atomic E-state index is 0.206. The quantitative estimate of drug-likeness (QED) is 0.507. The number of hydrogen-bond donors (Lipinski definition) is 1. The Balaban J connectivity index is 1.80. The molecular weight excluding hydrogens is 380 g/mol. The number of esters is 1. The summed E-state index contributed by atoms with van der Waals surface area (Å²) < 4.78 is 5.33. The van der Waals surface area contributed by atoms with E-state index in [0.29, 0.717) is 10.2 Å². The van der Waals surface area contributed by atoms with Gasteiger partial charge in [-0.15, -0.1) is 0 Å². The van der Waals surface area contributed by atoms with Crippen molar-refractivity contribution in [3.63, 3.8) is 0 Å². The number of allylic oxidation sites excluding steroid dienone is 6. The van der Waals surface area contributed by atoms with Crippen LogP contribution < -0.4 is 0 Å². The van der Waals surface area contributed by atoms with Crippen LogP contribution in [0.15, 0.2) is 47.7 Å². The van der Waals surface area contributed by atoms with Gasteiger partial charge >= 0.3 is 5.97 Å². The molecular formula is C21H23ClN2O2S. The van der Waals surface area contributed by atoms with E-state index in [9.17, 15) is 4.79 Å². The highest BCUT2D eigenvalue weighted by atomic mass is 35.5. The van der Waals surface area contributed by atoms with Crippen molar-refractivity contribution < 1.29 is 9.53 Å². The first-order chi connectivity index (χ1) is 12.8. The molecule has 0 unspecified atom stereocenters. The van der Waals surface area contributed by atoms with Crippen LogP contribution in [0.2, 0.25) is 5.02 Å². The molecule has 0 amide bonds. The lowest BCUT2D eigenvalue weighted by Gasteiger charge is -2.18. The minimum Gasteiger partial charge on any atom is -0.459 e. The van der Waals surface area contributed by atoms with Crippen molar-refractivity contribution in [2.45, 2.75) is 44.4 Å². The highest BCUT2D eigenvalue weighted by Gasteiger charge is 2.17. The van der Waals surface area contributed by atoms with Gasteiger partial charge in [-0.1, -0.05) is 53.7 Å². The van der Waals surface area contributed by atoms with Crippen LogP contribution in [0, 0.1) is 0 Å². The van der Waals surface area contributed by atoms with E-state index in [1.165, 1.54) is 11.8 Å². The number of halogens is 1. The Hall–Kier alpha value is -1.98. The molecule has 1 heterocycles. The molecule has 1 aliphatic rings. The number of nitrogens with zero attached hydrogens (tertiary/aromatic N) is 1. The molecule has 0 fully saturated rings. The summed E-state index contributed by atoms with van der Waals surface area (Å²) in [6, 6.07) is 3.88. The van der Waals surface area contributed by atoms with Crippen LogP contribution in [0.3, 0.4) is 0 Å². The monoisotopic (exact) mass is 402 g/mol. The Morgan fingerprint density at radius 2 is 2.11 bits per heavy atom. The summed E-state index contributed by atoms with van der Waals surface area (Å²) in [7, 11) is 0. The van der Waals surface area contributed by atoms with Crippen LogP contribution >= 0.6 is 23.4 Å². The van der Waals surface area contributed by atoms with Gasteiger partial charge in [0.05, 0.1) is 21.8 Å². The van der Waals surface area contributed by atoms with Gasteiger partial charge in [0.1, 0.15) is 5.60 Å². The summed E-state index contributed by atoms with van der Waals surface area (Å²) >= 11 is 7.84. The van der Waals surface area contributed by atoms with Gasteiger partial charge in [-0.25, -0.2) is 4.98 Å². The first kappa shape index (κ1) is 19.8. The van der Waals surface area contributed by atoms with E-state index in [4.69, 9.17) is 16.3 Å². The second kappa shape index (κ2) is 8.36. The molecule has 1 aromatic heterocycles. The van der Waals surface area contributed by atoms with Gasteiger partial charge in [0.15, 0.2) is 5.16 Å². The predicted molar refractivity (Wildman–Crippen MR) is 113 cm³/mol. The summed E-state index contributed by atoms with van der Waals surface area (Å²) in [6.07, 6.45) is 12.5. The number of benzene rings is 1. The van der Waals surface area contributed by atoms with Crippen LogP contribution in [0.1, 0.15) is 39.2 Å². The Morgan fingerprint density at radius 1 is 1.30 bits per heavy atom. The SMILES string of the molecule is CC(C)(C)OC(=O)CSc1nc2cc(C3=C\CC/C=C/C=C\3)c(Cl)cc2[nH]1. The number of aromatic nitrogens is 2. The van der Waals surface area contributed by atoms with Gasteiger partial charge in [0.2, 0.25) is 0 Å². The number of aromatic amines is 1. The number of imidazole rings is 1. The lowest BCUT2D eigenvalue weighted by molar-refractivity contribution is -0.151. The standard InChI is InChI=1S/C21H23ClN2O2S/c1-21(2,3)26-19(25)13-27-20-23-17-11-15(16(22)12-18(17)24-20)14-9-7-5-4-6-8-10-14/h4-5,7,9-12H,6,8,13H2,1-3H3,(H,23,24)/b5-4+,9-7-,14-10-. The highest BCUT2D eigenvalue weighted by Crippen LogP contribution is 2.31. The zero-order valence-corrected chi connectivity index (χ0v) is 17.3. The van der Waals surface area contributed by atoms with E-state index < -0.39 is 5.60 Å². The van der Waals surface area contributed by atoms with Crippen molar-refractivity contribution in [2.75, 3.05) is 5.75 Å². The molecule has 1 N–H and O–H groups in total. The first-order valence-electron chi connectivity index (χ1n) is 8.89. The summed E-state index contributed by atoms with van der Waals surface area (Å²) in [5, 5.41) is 1.35. The van der Waals surface area contributed by atoms with Crippen molar-refractivity contribution >= 4 is 45.9 Å². The second-order valence-corrected chi connectivity index (χ2v) is 8.66. The van der Waals surface area contributed by atoms with Crippen LogP contribution in [-0.4, -0.2) is 27.3 Å². The third kappa shape index (κ3) is 5.50. The normalized spacial score (nSPS) is 19.0. The lowest BCUT2D eigenvalue weighted by Crippen LogP contribution is -2.24. The molecule has 6 heteroatoms. The smallest absolute Gasteiger partial charge is 0.316 e. The lowest BCUT2D eigenvalue weighted by atomic mass is 10.0. The molecule has 0 radical (unpaired) electrons. The van der Waals surface area contributed by atoms with E-state index in [1.54, 1.807) is 0 Å². The number of thioether (sulfide) groups is 1. The minimum atomic E-state index is -0.484. The third-order valence-corrected chi connectivity index (χ3v) is 4.99. The van der Waals surface area contributed by atoms with Gasteiger partial charge in [-0.2, -0.15) is 0 Å². The number of carbonyl (C=O) groups excluding carboxylic acids is 1. The van der Waals surface area contributed by atoms with Crippen molar-refractivity contribution in [1.82, 2.24) is 9.97 Å². The van der Waals surface area contributed by atoms with Gasteiger partial charge in [0, 0.05) is 5.56 Å². The third-order valence-electron chi connectivity index (χ3n) is 3.83.